The van der Waals surface area contributed by atoms with Crippen molar-refractivity contribution >= 4 is 5.91 Å². The number of amides is 1. The summed E-state index contributed by atoms with van der Waals surface area (Å²) in [7, 11) is 0. The van der Waals surface area contributed by atoms with Crippen LogP contribution in [0.1, 0.15) is 23.3 Å². The van der Waals surface area contributed by atoms with Crippen LogP contribution in [0.25, 0.3) is 0 Å². The summed E-state index contributed by atoms with van der Waals surface area (Å²) in [6, 6.07) is 3.91. The minimum absolute atomic E-state index is 0.0851. The normalized spacial score (nSPS) is 18.5. The number of aromatic nitrogens is 1. The number of likely N-dealkylation sites (tertiary alicyclic amines) is 1. The van der Waals surface area contributed by atoms with Gasteiger partial charge in [0.1, 0.15) is 5.69 Å². The van der Waals surface area contributed by atoms with Gasteiger partial charge in [0, 0.05) is 25.3 Å². The Morgan fingerprint density at radius 1 is 1.50 bits per heavy atom. The molecule has 0 spiro atoms. The van der Waals surface area contributed by atoms with Crippen molar-refractivity contribution < 1.29 is 4.79 Å². The number of nitrogens with zero attached hydrogens (tertiary/aromatic N) is 1. The van der Waals surface area contributed by atoms with Gasteiger partial charge in [0.2, 0.25) is 0 Å². The molecule has 1 aromatic heterocycles. The molecule has 0 radical (unpaired) electrons. The molecule has 1 aliphatic heterocycles. The number of carbonyl (C=O) groups is 1. The van der Waals surface area contributed by atoms with Crippen molar-refractivity contribution in [3.05, 3.63) is 24.0 Å². The van der Waals surface area contributed by atoms with E-state index in [0.29, 0.717) is 5.69 Å². The van der Waals surface area contributed by atoms with Crippen LogP contribution < -0.4 is 5.73 Å². The van der Waals surface area contributed by atoms with Crippen LogP contribution in [-0.2, 0) is 0 Å². The highest BCUT2D eigenvalue weighted by Gasteiger charge is 2.21. The van der Waals surface area contributed by atoms with Crippen molar-refractivity contribution in [2.75, 3.05) is 13.1 Å². The predicted octanol–water partition coefficient (Wildman–Crippen LogP) is 0.578. The van der Waals surface area contributed by atoms with Gasteiger partial charge in [-0.15, -0.1) is 0 Å². The first-order chi connectivity index (χ1) is 6.77. The van der Waals surface area contributed by atoms with Gasteiger partial charge in [-0.05, 0) is 25.0 Å². The van der Waals surface area contributed by atoms with Gasteiger partial charge in [-0.2, -0.15) is 0 Å². The van der Waals surface area contributed by atoms with E-state index in [1.54, 1.807) is 12.3 Å². The monoisotopic (exact) mass is 193 g/mol. The molecule has 0 unspecified atom stereocenters. The van der Waals surface area contributed by atoms with Crippen LogP contribution in [-0.4, -0.2) is 34.9 Å². The standard InChI is InChI=1S/C10H15N3O/c11-8-3-6-13(7-4-8)10(14)9-2-1-5-12-9/h1-2,5,8,12H,3-4,6-7,11H2. The number of nitrogens with one attached hydrogen (secondary N) is 1. The van der Waals surface area contributed by atoms with Gasteiger partial charge in [-0.3, -0.25) is 4.79 Å². The van der Waals surface area contributed by atoms with E-state index in [-0.39, 0.29) is 11.9 Å². The molecule has 76 valence electrons. The fraction of sp³-hybridized carbons (Fsp3) is 0.500. The maximum atomic E-state index is 11.8. The average molecular weight is 193 g/mol. The molecule has 3 N–H and O–H groups in total. The number of piperidine rings is 1. The van der Waals surface area contributed by atoms with E-state index in [2.05, 4.69) is 4.98 Å². The van der Waals surface area contributed by atoms with E-state index < -0.39 is 0 Å². The third-order valence-corrected chi connectivity index (χ3v) is 2.66. The maximum absolute atomic E-state index is 11.8. The molecule has 0 atom stereocenters. The summed E-state index contributed by atoms with van der Waals surface area (Å²) in [5, 5.41) is 0. The Morgan fingerprint density at radius 2 is 2.21 bits per heavy atom. The number of rotatable bonds is 1. The second-order valence-electron chi connectivity index (χ2n) is 3.71. The second kappa shape index (κ2) is 3.84. The van der Waals surface area contributed by atoms with Crippen LogP contribution in [0.3, 0.4) is 0 Å². The lowest BCUT2D eigenvalue weighted by atomic mass is 10.1. The topological polar surface area (TPSA) is 62.1 Å². The van der Waals surface area contributed by atoms with Gasteiger partial charge in [0.15, 0.2) is 0 Å². The molecular weight excluding hydrogens is 178 g/mol. The molecule has 1 saturated heterocycles. The first kappa shape index (κ1) is 9.27. The maximum Gasteiger partial charge on any atom is 0.270 e. The van der Waals surface area contributed by atoms with Crippen molar-refractivity contribution in [1.82, 2.24) is 9.88 Å². The van der Waals surface area contributed by atoms with E-state index in [1.165, 1.54) is 0 Å². The molecule has 1 aliphatic rings. The Bertz CT molecular complexity index is 299. The minimum atomic E-state index is 0.0851. The third-order valence-electron chi connectivity index (χ3n) is 2.66. The Hall–Kier alpha value is -1.29. The van der Waals surface area contributed by atoms with Crippen LogP contribution >= 0.6 is 0 Å². The zero-order chi connectivity index (χ0) is 9.97. The molecular formula is C10H15N3O. The molecule has 0 bridgehead atoms. The van der Waals surface area contributed by atoms with Crippen LogP contribution in [0.15, 0.2) is 18.3 Å². The van der Waals surface area contributed by atoms with Crippen molar-refractivity contribution in [2.24, 2.45) is 5.73 Å². The third kappa shape index (κ3) is 1.80. The minimum Gasteiger partial charge on any atom is -0.357 e. The molecule has 2 rings (SSSR count). The highest BCUT2D eigenvalue weighted by Crippen LogP contribution is 2.11. The molecule has 0 aliphatic carbocycles. The summed E-state index contributed by atoms with van der Waals surface area (Å²) in [5.41, 5.74) is 6.44. The summed E-state index contributed by atoms with van der Waals surface area (Å²) in [6.07, 6.45) is 3.59. The van der Waals surface area contributed by atoms with Gasteiger partial charge in [-0.1, -0.05) is 0 Å². The van der Waals surface area contributed by atoms with Gasteiger partial charge in [-0.25, -0.2) is 0 Å². The predicted molar refractivity (Wildman–Crippen MR) is 53.9 cm³/mol. The van der Waals surface area contributed by atoms with Crippen molar-refractivity contribution in [3.8, 4) is 0 Å². The molecule has 2 heterocycles. The summed E-state index contributed by atoms with van der Waals surface area (Å²) in [4.78, 5) is 16.6. The Labute approximate surface area is 83.1 Å². The Balaban J connectivity index is 1.99. The van der Waals surface area contributed by atoms with Crippen LogP contribution in [0.5, 0.6) is 0 Å². The number of hydrogen-bond donors (Lipinski definition) is 2. The van der Waals surface area contributed by atoms with E-state index in [4.69, 9.17) is 5.73 Å². The molecule has 14 heavy (non-hydrogen) atoms. The SMILES string of the molecule is NC1CCN(C(=O)c2ccc[nH]2)CC1. The van der Waals surface area contributed by atoms with Gasteiger partial charge in [0.25, 0.3) is 5.91 Å². The van der Waals surface area contributed by atoms with Crippen LogP contribution in [0, 0.1) is 0 Å². The fourth-order valence-corrected chi connectivity index (χ4v) is 1.74. The fourth-order valence-electron chi connectivity index (χ4n) is 1.74. The van der Waals surface area contributed by atoms with E-state index in [0.717, 1.165) is 25.9 Å². The van der Waals surface area contributed by atoms with Crippen LogP contribution in [0.2, 0.25) is 0 Å². The molecule has 0 aromatic carbocycles. The summed E-state index contributed by atoms with van der Waals surface area (Å²) in [6.45, 7) is 1.55. The number of hydrogen-bond acceptors (Lipinski definition) is 2. The molecule has 4 heteroatoms. The number of carbonyl (C=O) groups excluding carboxylic acids is 1. The summed E-state index contributed by atoms with van der Waals surface area (Å²) in [5.74, 6) is 0.0851. The quantitative estimate of drug-likeness (QED) is 0.685. The highest BCUT2D eigenvalue weighted by atomic mass is 16.2. The van der Waals surface area contributed by atoms with Gasteiger partial charge in [0.05, 0.1) is 0 Å². The molecule has 1 amide bonds. The first-order valence-corrected chi connectivity index (χ1v) is 4.95. The molecule has 4 nitrogen and oxygen atoms in total. The lowest BCUT2D eigenvalue weighted by molar-refractivity contribution is 0.0709. The summed E-state index contributed by atoms with van der Waals surface area (Å²) >= 11 is 0. The van der Waals surface area contributed by atoms with Gasteiger partial charge >= 0.3 is 0 Å². The van der Waals surface area contributed by atoms with E-state index in [9.17, 15) is 4.79 Å². The number of aromatic amines is 1. The van der Waals surface area contributed by atoms with Crippen molar-refractivity contribution in [2.45, 2.75) is 18.9 Å². The van der Waals surface area contributed by atoms with Gasteiger partial charge < -0.3 is 15.6 Å². The van der Waals surface area contributed by atoms with E-state index in [1.807, 2.05) is 11.0 Å². The smallest absolute Gasteiger partial charge is 0.270 e. The zero-order valence-electron chi connectivity index (χ0n) is 8.07. The molecule has 0 saturated carbocycles. The lowest BCUT2D eigenvalue weighted by Crippen LogP contribution is -2.42. The van der Waals surface area contributed by atoms with Crippen molar-refractivity contribution in [3.63, 3.8) is 0 Å². The average Bonchev–Trinajstić information content (AvgIpc) is 2.71. The molecule has 1 fully saturated rings. The van der Waals surface area contributed by atoms with Crippen LogP contribution in [0.4, 0.5) is 0 Å². The lowest BCUT2D eigenvalue weighted by Gasteiger charge is -2.29. The largest absolute Gasteiger partial charge is 0.357 e. The Morgan fingerprint density at radius 3 is 2.79 bits per heavy atom. The Kier molecular flexibility index (Phi) is 2.54. The number of nitrogens with two attached hydrogens (primary N) is 1. The van der Waals surface area contributed by atoms with E-state index >= 15 is 0 Å². The second-order valence-corrected chi connectivity index (χ2v) is 3.71. The highest BCUT2D eigenvalue weighted by molar-refractivity contribution is 5.92. The zero-order valence-corrected chi connectivity index (χ0v) is 8.07. The van der Waals surface area contributed by atoms with Crippen molar-refractivity contribution in [1.29, 1.82) is 0 Å². The molecule has 1 aromatic rings. The first-order valence-electron chi connectivity index (χ1n) is 4.95. The summed E-state index contributed by atoms with van der Waals surface area (Å²) < 4.78 is 0. The number of H-pyrrole nitrogens is 1.